The number of ketones is 1. The molecule has 110 valence electrons. The molecule has 0 aliphatic rings. The minimum absolute atomic E-state index is 0.0934. The summed E-state index contributed by atoms with van der Waals surface area (Å²) in [6, 6.07) is 6.65. The van der Waals surface area contributed by atoms with Crippen molar-refractivity contribution in [2.75, 3.05) is 18.0 Å². The van der Waals surface area contributed by atoms with Crippen molar-refractivity contribution in [2.24, 2.45) is 5.73 Å². The number of carboxylic acids is 1. The Hall–Kier alpha value is -1.88. The van der Waals surface area contributed by atoms with E-state index in [2.05, 4.69) is 0 Å². The molecule has 0 spiro atoms. The first kappa shape index (κ1) is 16.2. The van der Waals surface area contributed by atoms with Gasteiger partial charge in [-0.15, -0.1) is 0 Å². The molecule has 1 unspecified atom stereocenters. The van der Waals surface area contributed by atoms with Gasteiger partial charge in [-0.2, -0.15) is 0 Å². The zero-order valence-corrected chi connectivity index (χ0v) is 12.0. The summed E-state index contributed by atoms with van der Waals surface area (Å²) in [7, 11) is 0. The fourth-order valence-electron chi connectivity index (χ4n) is 1.97. The van der Waals surface area contributed by atoms with E-state index in [4.69, 9.17) is 10.8 Å². The molecule has 0 saturated heterocycles. The fourth-order valence-corrected chi connectivity index (χ4v) is 1.97. The maximum Gasteiger partial charge on any atom is 0.305 e. The number of hydrogen-bond donors (Lipinski definition) is 2. The number of nitrogens with two attached hydrogens (primary N) is 1. The second-order valence-corrected chi connectivity index (χ2v) is 4.83. The van der Waals surface area contributed by atoms with Crippen molar-refractivity contribution in [1.29, 1.82) is 0 Å². The van der Waals surface area contributed by atoms with Crippen molar-refractivity contribution in [3.63, 3.8) is 0 Å². The minimum atomic E-state index is -0.810. The molecule has 1 aromatic carbocycles. The van der Waals surface area contributed by atoms with E-state index in [1.165, 1.54) is 0 Å². The Bertz CT molecular complexity index is 455. The quantitative estimate of drug-likeness (QED) is 0.710. The van der Waals surface area contributed by atoms with Crippen LogP contribution in [-0.4, -0.2) is 36.0 Å². The summed E-state index contributed by atoms with van der Waals surface area (Å²) >= 11 is 0. The van der Waals surface area contributed by atoms with E-state index in [0.29, 0.717) is 12.1 Å². The predicted molar refractivity (Wildman–Crippen MR) is 79.2 cm³/mol. The number of aliphatic carboxylic acids is 1. The van der Waals surface area contributed by atoms with Crippen LogP contribution in [0.15, 0.2) is 24.3 Å². The number of carbonyl (C=O) groups excluding carboxylic acids is 1. The van der Waals surface area contributed by atoms with Crippen LogP contribution in [0.3, 0.4) is 0 Å². The number of rotatable bonds is 8. The third-order valence-electron chi connectivity index (χ3n) is 3.02. The van der Waals surface area contributed by atoms with Gasteiger partial charge in [-0.3, -0.25) is 9.59 Å². The molecule has 0 heterocycles. The highest BCUT2D eigenvalue weighted by Gasteiger charge is 2.12. The van der Waals surface area contributed by atoms with Crippen molar-refractivity contribution >= 4 is 17.4 Å². The van der Waals surface area contributed by atoms with Crippen LogP contribution in [0.25, 0.3) is 0 Å². The van der Waals surface area contributed by atoms with Crippen LogP contribution in [-0.2, 0) is 4.79 Å². The van der Waals surface area contributed by atoms with Crippen LogP contribution in [0.5, 0.6) is 0 Å². The van der Waals surface area contributed by atoms with Gasteiger partial charge in [-0.05, 0) is 37.6 Å². The number of anilines is 1. The Balaban J connectivity index is 2.81. The van der Waals surface area contributed by atoms with Gasteiger partial charge < -0.3 is 15.7 Å². The highest BCUT2D eigenvalue weighted by atomic mass is 16.4. The number of nitrogens with zero attached hydrogens (tertiary/aromatic N) is 1. The fraction of sp³-hybridized carbons (Fsp3) is 0.467. The molecule has 20 heavy (non-hydrogen) atoms. The lowest BCUT2D eigenvalue weighted by Crippen LogP contribution is -2.28. The van der Waals surface area contributed by atoms with E-state index < -0.39 is 12.0 Å². The van der Waals surface area contributed by atoms with Crippen molar-refractivity contribution in [1.82, 2.24) is 0 Å². The summed E-state index contributed by atoms with van der Waals surface area (Å²) in [5, 5.41) is 8.77. The van der Waals surface area contributed by atoms with Crippen molar-refractivity contribution in [3.05, 3.63) is 29.8 Å². The second kappa shape index (κ2) is 7.65. The maximum absolute atomic E-state index is 11.8. The molecular weight excluding hydrogens is 256 g/mol. The van der Waals surface area contributed by atoms with Crippen molar-refractivity contribution in [2.45, 2.75) is 32.7 Å². The van der Waals surface area contributed by atoms with E-state index in [0.717, 1.165) is 18.7 Å². The van der Waals surface area contributed by atoms with E-state index in [1.54, 1.807) is 19.1 Å². The highest BCUT2D eigenvalue weighted by Crippen LogP contribution is 2.17. The van der Waals surface area contributed by atoms with Crippen LogP contribution in [0, 0.1) is 0 Å². The van der Waals surface area contributed by atoms with Gasteiger partial charge in [0.1, 0.15) is 0 Å². The standard InChI is InChI=1S/C15H22N2O3/c1-3-9-17(10-8-14(18)19)13-6-4-12(5-7-13)15(20)11(2)16/h4-7,11H,3,8-10,16H2,1-2H3,(H,18,19). The van der Waals surface area contributed by atoms with Gasteiger partial charge in [0.05, 0.1) is 12.5 Å². The number of carboxylic acid groups (broad SMARTS) is 1. The van der Waals surface area contributed by atoms with E-state index in [-0.39, 0.29) is 12.2 Å². The van der Waals surface area contributed by atoms with Crippen molar-refractivity contribution < 1.29 is 14.7 Å². The van der Waals surface area contributed by atoms with Gasteiger partial charge in [0.15, 0.2) is 5.78 Å². The number of carbonyl (C=O) groups is 2. The van der Waals surface area contributed by atoms with Crippen LogP contribution in [0.1, 0.15) is 37.0 Å². The summed E-state index contributed by atoms with van der Waals surface area (Å²) < 4.78 is 0. The summed E-state index contributed by atoms with van der Waals surface area (Å²) in [6.07, 6.45) is 1.03. The molecular formula is C15H22N2O3. The Morgan fingerprint density at radius 3 is 2.30 bits per heavy atom. The predicted octanol–water partition coefficient (Wildman–Crippen LogP) is 1.91. The topological polar surface area (TPSA) is 83.6 Å². The van der Waals surface area contributed by atoms with Crippen LogP contribution in [0.4, 0.5) is 5.69 Å². The highest BCUT2D eigenvalue weighted by molar-refractivity contribution is 5.99. The minimum Gasteiger partial charge on any atom is -0.481 e. The average molecular weight is 278 g/mol. The summed E-state index contributed by atoms with van der Waals surface area (Å²) in [5.41, 5.74) is 7.08. The van der Waals surface area contributed by atoms with E-state index in [9.17, 15) is 9.59 Å². The molecule has 1 rings (SSSR count). The maximum atomic E-state index is 11.8. The lowest BCUT2D eigenvalue weighted by atomic mass is 10.1. The Morgan fingerprint density at radius 2 is 1.85 bits per heavy atom. The Kier molecular flexibility index (Phi) is 6.18. The molecule has 0 aromatic heterocycles. The van der Waals surface area contributed by atoms with Gasteiger partial charge in [-0.1, -0.05) is 6.92 Å². The van der Waals surface area contributed by atoms with Gasteiger partial charge >= 0.3 is 5.97 Å². The lowest BCUT2D eigenvalue weighted by Gasteiger charge is -2.23. The number of benzene rings is 1. The number of hydrogen-bond acceptors (Lipinski definition) is 4. The molecule has 0 bridgehead atoms. The first-order valence-corrected chi connectivity index (χ1v) is 6.82. The molecule has 0 radical (unpaired) electrons. The summed E-state index contributed by atoms with van der Waals surface area (Å²) in [6.45, 7) is 4.95. The van der Waals surface area contributed by atoms with Crippen molar-refractivity contribution in [3.8, 4) is 0 Å². The molecule has 5 nitrogen and oxygen atoms in total. The SMILES string of the molecule is CCCN(CCC(=O)O)c1ccc(C(=O)C(C)N)cc1. The average Bonchev–Trinajstić information content (AvgIpc) is 2.42. The molecule has 5 heteroatoms. The zero-order valence-electron chi connectivity index (χ0n) is 12.0. The van der Waals surface area contributed by atoms with Crippen LogP contribution >= 0.6 is 0 Å². The molecule has 0 aliphatic heterocycles. The second-order valence-electron chi connectivity index (χ2n) is 4.83. The van der Waals surface area contributed by atoms with Crippen LogP contribution < -0.4 is 10.6 Å². The summed E-state index contributed by atoms with van der Waals surface area (Å²) in [5.74, 6) is -0.904. The molecule has 0 amide bonds. The monoisotopic (exact) mass is 278 g/mol. The molecule has 0 aliphatic carbocycles. The van der Waals surface area contributed by atoms with Gasteiger partial charge in [0.2, 0.25) is 0 Å². The molecule has 0 saturated carbocycles. The lowest BCUT2D eigenvalue weighted by molar-refractivity contribution is -0.136. The smallest absolute Gasteiger partial charge is 0.305 e. The van der Waals surface area contributed by atoms with E-state index in [1.807, 2.05) is 24.0 Å². The first-order valence-electron chi connectivity index (χ1n) is 6.82. The normalized spacial score (nSPS) is 11.9. The largest absolute Gasteiger partial charge is 0.481 e. The Morgan fingerprint density at radius 1 is 1.25 bits per heavy atom. The van der Waals surface area contributed by atoms with Gasteiger partial charge in [0.25, 0.3) is 0 Å². The third kappa shape index (κ3) is 4.66. The molecule has 1 atom stereocenters. The summed E-state index contributed by atoms with van der Waals surface area (Å²) in [4.78, 5) is 24.4. The molecule has 3 N–H and O–H groups in total. The molecule has 1 aromatic rings. The Labute approximate surface area is 119 Å². The first-order chi connectivity index (χ1) is 9.45. The van der Waals surface area contributed by atoms with Gasteiger partial charge in [-0.25, -0.2) is 0 Å². The zero-order chi connectivity index (χ0) is 15.1. The van der Waals surface area contributed by atoms with Crippen LogP contribution in [0.2, 0.25) is 0 Å². The molecule has 0 fully saturated rings. The van der Waals surface area contributed by atoms with E-state index >= 15 is 0 Å². The number of Topliss-reactive ketones (excluding diaryl/α,β-unsaturated/α-hetero) is 1. The third-order valence-corrected chi connectivity index (χ3v) is 3.02. The van der Waals surface area contributed by atoms with Gasteiger partial charge in [0, 0.05) is 24.3 Å².